The van der Waals surface area contributed by atoms with Gasteiger partial charge in [0.1, 0.15) is 5.54 Å². The van der Waals surface area contributed by atoms with E-state index >= 15 is 0 Å². The molecular formula is C15H23NO3. The molecule has 3 unspecified atom stereocenters. The van der Waals surface area contributed by atoms with Crippen LogP contribution in [0, 0.1) is 17.8 Å². The molecule has 1 fully saturated rings. The molecule has 3 atom stereocenters. The Morgan fingerprint density at radius 3 is 2.47 bits per heavy atom. The van der Waals surface area contributed by atoms with E-state index in [1.54, 1.807) is 32.7 Å². The molecule has 0 N–H and O–H groups in total. The maximum Gasteiger partial charge on any atom is 0.331 e. The van der Waals surface area contributed by atoms with Crippen molar-refractivity contribution in [3.05, 3.63) is 12.2 Å². The molecule has 0 aromatic heterocycles. The second-order valence-corrected chi connectivity index (χ2v) is 6.06. The van der Waals surface area contributed by atoms with E-state index in [1.807, 2.05) is 0 Å². The zero-order chi connectivity index (χ0) is 14.2. The smallest absolute Gasteiger partial charge is 0.331 e. The molecule has 0 aromatic rings. The van der Waals surface area contributed by atoms with Gasteiger partial charge in [-0.05, 0) is 45.4 Å². The number of carbonyl (C=O) groups is 2. The third kappa shape index (κ3) is 2.40. The van der Waals surface area contributed by atoms with Gasteiger partial charge in [-0.1, -0.05) is 12.2 Å². The standard InChI is InChI=1S/C15H23NO3/c1-5-19-14(18)15(2,3)16(4)13(17)12-9-10-6-7-11(12)8-10/h6-7,10-12H,5,8-9H2,1-4H3. The Morgan fingerprint density at radius 2 is 2.00 bits per heavy atom. The van der Waals surface area contributed by atoms with Gasteiger partial charge in [0.25, 0.3) is 0 Å². The molecule has 2 rings (SSSR count). The van der Waals surface area contributed by atoms with E-state index in [4.69, 9.17) is 4.74 Å². The summed E-state index contributed by atoms with van der Waals surface area (Å²) in [5, 5.41) is 0. The first-order valence-electron chi connectivity index (χ1n) is 7.01. The van der Waals surface area contributed by atoms with Crippen LogP contribution in [0.15, 0.2) is 12.2 Å². The number of likely N-dealkylation sites (N-methyl/N-ethyl adjacent to an activating group) is 1. The van der Waals surface area contributed by atoms with E-state index in [2.05, 4.69) is 12.2 Å². The van der Waals surface area contributed by atoms with Crippen LogP contribution in [0.25, 0.3) is 0 Å². The number of allylic oxidation sites excluding steroid dienone is 2. The zero-order valence-electron chi connectivity index (χ0n) is 12.2. The second kappa shape index (κ2) is 4.99. The van der Waals surface area contributed by atoms with Crippen molar-refractivity contribution in [1.29, 1.82) is 0 Å². The fourth-order valence-electron chi connectivity index (χ4n) is 3.03. The molecule has 0 heterocycles. The van der Waals surface area contributed by atoms with Crippen LogP contribution in [-0.2, 0) is 14.3 Å². The topological polar surface area (TPSA) is 46.6 Å². The van der Waals surface area contributed by atoms with Crippen LogP contribution in [0.2, 0.25) is 0 Å². The highest BCUT2D eigenvalue weighted by Crippen LogP contribution is 2.44. The normalized spacial score (nSPS) is 28.5. The lowest BCUT2D eigenvalue weighted by Crippen LogP contribution is -2.53. The Balaban J connectivity index is 2.06. The monoisotopic (exact) mass is 265 g/mol. The average Bonchev–Trinajstić information content (AvgIpc) is 2.99. The Hall–Kier alpha value is -1.32. The summed E-state index contributed by atoms with van der Waals surface area (Å²) in [5.74, 6) is 0.671. The van der Waals surface area contributed by atoms with Crippen LogP contribution >= 0.6 is 0 Å². The Labute approximate surface area is 114 Å². The lowest BCUT2D eigenvalue weighted by atomic mass is 9.90. The number of nitrogens with zero attached hydrogens (tertiary/aromatic N) is 1. The summed E-state index contributed by atoms with van der Waals surface area (Å²) in [7, 11) is 1.70. The second-order valence-electron chi connectivity index (χ2n) is 6.06. The van der Waals surface area contributed by atoms with Gasteiger partial charge < -0.3 is 9.64 Å². The number of hydrogen-bond donors (Lipinski definition) is 0. The molecule has 19 heavy (non-hydrogen) atoms. The van der Waals surface area contributed by atoms with E-state index in [1.165, 1.54) is 0 Å². The van der Waals surface area contributed by atoms with Crippen LogP contribution in [0.5, 0.6) is 0 Å². The third-order valence-electron chi connectivity index (χ3n) is 4.54. The summed E-state index contributed by atoms with van der Waals surface area (Å²) in [6.45, 7) is 5.59. The lowest BCUT2D eigenvalue weighted by molar-refractivity contribution is -0.161. The minimum atomic E-state index is -0.904. The SMILES string of the molecule is CCOC(=O)C(C)(C)N(C)C(=O)C1CC2C=CC1C2. The van der Waals surface area contributed by atoms with Crippen molar-refractivity contribution < 1.29 is 14.3 Å². The van der Waals surface area contributed by atoms with Crippen molar-refractivity contribution >= 4 is 11.9 Å². The number of fused-ring (bicyclic) bond motifs is 2. The van der Waals surface area contributed by atoms with Gasteiger partial charge in [-0.2, -0.15) is 0 Å². The maximum atomic E-state index is 12.6. The Morgan fingerprint density at radius 1 is 1.32 bits per heavy atom. The number of ether oxygens (including phenoxy) is 1. The summed E-state index contributed by atoms with van der Waals surface area (Å²) in [6.07, 6.45) is 6.38. The van der Waals surface area contributed by atoms with Gasteiger partial charge >= 0.3 is 5.97 Å². The highest BCUT2D eigenvalue weighted by Gasteiger charge is 2.45. The van der Waals surface area contributed by atoms with Gasteiger partial charge in [-0.3, -0.25) is 4.79 Å². The van der Waals surface area contributed by atoms with Gasteiger partial charge in [0.05, 0.1) is 6.61 Å². The van der Waals surface area contributed by atoms with E-state index in [9.17, 15) is 9.59 Å². The van der Waals surface area contributed by atoms with Gasteiger partial charge in [0, 0.05) is 13.0 Å². The van der Waals surface area contributed by atoms with Crippen LogP contribution in [0.3, 0.4) is 0 Å². The molecular weight excluding hydrogens is 242 g/mol. The van der Waals surface area contributed by atoms with Crippen molar-refractivity contribution in [1.82, 2.24) is 4.90 Å². The summed E-state index contributed by atoms with van der Waals surface area (Å²) < 4.78 is 5.06. The Kier molecular flexibility index (Phi) is 3.70. The minimum Gasteiger partial charge on any atom is -0.464 e. The van der Waals surface area contributed by atoms with Crippen LogP contribution in [0.4, 0.5) is 0 Å². The number of hydrogen-bond acceptors (Lipinski definition) is 3. The van der Waals surface area contributed by atoms with E-state index in [0.717, 1.165) is 12.8 Å². The van der Waals surface area contributed by atoms with Gasteiger partial charge in [0.2, 0.25) is 5.91 Å². The molecule has 2 aliphatic rings. The predicted octanol–water partition coefficient (Wildman–Crippen LogP) is 2.00. The molecule has 2 bridgehead atoms. The first-order valence-corrected chi connectivity index (χ1v) is 7.01. The summed E-state index contributed by atoms with van der Waals surface area (Å²) in [5.41, 5.74) is -0.904. The molecule has 0 saturated heterocycles. The van der Waals surface area contributed by atoms with Crippen molar-refractivity contribution in [2.75, 3.05) is 13.7 Å². The predicted molar refractivity (Wildman–Crippen MR) is 72.3 cm³/mol. The molecule has 0 spiro atoms. The van der Waals surface area contributed by atoms with Crippen LogP contribution in [-0.4, -0.2) is 36.0 Å². The summed E-state index contributed by atoms with van der Waals surface area (Å²) in [6, 6.07) is 0. The maximum absolute atomic E-state index is 12.6. The van der Waals surface area contributed by atoms with Crippen molar-refractivity contribution in [3.8, 4) is 0 Å². The first-order chi connectivity index (χ1) is 8.87. The van der Waals surface area contributed by atoms with E-state index in [0.29, 0.717) is 18.4 Å². The van der Waals surface area contributed by atoms with Gasteiger partial charge in [0.15, 0.2) is 0 Å². The molecule has 1 saturated carbocycles. The third-order valence-corrected chi connectivity index (χ3v) is 4.54. The number of carbonyl (C=O) groups excluding carboxylic acids is 2. The van der Waals surface area contributed by atoms with Crippen LogP contribution in [0.1, 0.15) is 33.6 Å². The first kappa shape index (κ1) is 14.1. The lowest BCUT2D eigenvalue weighted by Gasteiger charge is -2.36. The van der Waals surface area contributed by atoms with Crippen molar-refractivity contribution in [2.45, 2.75) is 39.2 Å². The average molecular weight is 265 g/mol. The summed E-state index contributed by atoms with van der Waals surface area (Å²) in [4.78, 5) is 26.1. The molecule has 0 aromatic carbocycles. The number of rotatable bonds is 4. The van der Waals surface area contributed by atoms with Crippen LogP contribution < -0.4 is 0 Å². The fraction of sp³-hybridized carbons (Fsp3) is 0.733. The molecule has 106 valence electrons. The largest absolute Gasteiger partial charge is 0.464 e. The van der Waals surface area contributed by atoms with Gasteiger partial charge in [-0.15, -0.1) is 0 Å². The zero-order valence-corrected chi connectivity index (χ0v) is 12.2. The molecule has 4 nitrogen and oxygen atoms in total. The highest BCUT2D eigenvalue weighted by atomic mass is 16.5. The van der Waals surface area contributed by atoms with Crippen molar-refractivity contribution in [2.24, 2.45) is 17.8 Å². The highest BCUT2D eigenvalue weighted by molar-refractivity contribution is 5.88. The Bertz CT molecular complexity index is 414. The van der Waals surface area contributed by atoms with Gasteiger partial charge in [-0.25, -0.2) is 4.79 Å². The molecule has 0 radical (unpaired) electrons. The molecule has 2 aliphatic carbocycles. The molecule has 1 amide bonds. The minimum absolute atomic E-state index is 0.0358. The molecule has 0 aliphatic heterocycles. The van der Waals surface area contributed by atoms with E-state index in [-0.39, 0.29) is 17.8 Å². The van der Waals surface area contributed by atoms with Crippen molar-refractivity contribution in [3.63, 3.8) is 0 Å². The quantitative estimate of drug-likeness (QED) is 0.577. The number of amides is 1. The fourth-order valence-corrected chi connectivity index (χ4v) is 3.03. The molecule has 4 heteroatoms. The van der Waals surface area contributed by atoms with E-state index < -0.39 is 5.54 Å². The number of esters is 1. The summed E-state index contributed by atoms with van der Waals surface area (Å²) >= 11 is 0.